The van der Waals surface area contributed by atoms with Gasteiger partial charge in [0.25, 0.3) is 23.2 Å². The van der Waals surface area contributed by atoms with Gasteiger partial charge in [-0.15, -0.1) is 20.5 Å². The summed E-state index contributed by atoms with van der Waals surface area (Å²) in [6, 6.07) is 45.8. The van der Waals surface area contributed by atoms with Gasteiger partial charge in [-0.05, 0) is 82.6 Å². The molecule has 16 nitrogen and oxygen atoms in total. The predicted octanol–water partition coefficient (Wildman–Crippen LogP) is 15.8. The van der Waals surface area contributed by atoms with Gasteiger partial charge in [-0.3, -0.25) is 29.8 Å². The van der Waals surface area contributed by atoms with Crippen LogP contribution in [0.2, 0.25) is 10.0 Å². The first-order chi connectivity index (χ1) is 34.8. The molecule has 10 rings (SSSR count). The maximum absolute atomic E-state index is 13.8. The quantitative estimate of drug-likeness (QED) is 0.0551. The molecule has 0 unspecified atom stereocenters. The second-order valence-corrected chi connectivity index (χ2v) is 17.0. The van der Waals surface area contributed by atoms with Crippen molar-refractivity contribution < 1.29 is 29.6 Å². The van der Waals surface area contributed by atoms with Gasteiger partial charge in [-0.1, -0.05) is 120 Å². The molecule has 0 spiro atoms. The first kappa shape index (κ1) is 46.1. The molecule has 0 fully saturated rings. The van der Waals surface area contributed by atoms with Gasteiger partial charge < -0.3 is 20.8 Å². The van der Waals surface area contributed by atoms with E-state index < -0.39 is 33.2 Å². The Balaban J connectivity index is 0.899. The van der Waals surface area contributed by atoms with Gasteiger partial charge in [0.2, 0.25) is 0 Å². The third kappa shape index (κ3) is 8.70. The van der Waals surface area contributed by atoms with Crippen LogP contribution >= 0.6 is 23.2 Å². The Morgan fingerprint density at radius 1 is 0.444 bits per heavy atom. The molecular weight excluding hydrogens is 960 g/mol. The second-order valence-electron chi connectivity index (χ2n) is 16.2. The number of phenolic OH excluding ortho intramolecular Hbond substituents is 2. The summed E-state index contributed by atoms with van der Waals surface area (Å²) in [5, 5.41) is 73.6. The van der Waals surface area contributed by atoms with Crippen LogP contribution in [0.25, 0.3) is 54.2 Å². The van der Waals surface area contributed by atoms with E-state index in [0.29, 0.717) is 65.6 Å². The van der Waals surface area contributed by atoms with Gasteiger partial charge in [0.1, 0.15) is 22.7 Å². The van der Waals surface area contributed by atoms with Gasteiger partial charge in [-0.25, -0.2) is 0 Å². The molecule has 0 aliphatic heterocycles. The number of azo groups is 2. The van der Waals surface area contributed by atoms with Crippen LogP contribution < -0.4 is 10.6 Å². The first-order valence-electron chi connectivity index (χ1n) is 21.7. The average Bonchev–Trinajstić information content (AvgIpc) is 3.38. The molecule has 0 radical (unpaired) electrons. The summed E-state index contributed by atoms with van der Waals surface area (Å²) in [6.07, 6.45) is 0. The Kier molecular flexibility index (Phi) is 12.2. The van der Waals surface area contributed by atoms with Gasteiger partial charge >= 0.3 is 0 Å². The van der Waals surface area contributed by atoms with Crippen LogP contribution in [0.15, 0.2) is 190 Å². The van der Waals surface area contributed by atoms with Gasteiger partial charge in [0.15, 0.2) is 11.5 Å². The summed E-state index contributed by atoms with van der Waals surface area (Å²) in [5.41, 5.74) is 1.98. The Hall–Kier alpha value is -9.64. The Labute approximate surface area is 416 Å². The Morgan fingerprint density at radius 2 is 0.806 bits per heavy atom. The van der Waals surface area contributed by atoms with Gasteiger partial charge in [0.05, 0.1) is 41.8 Å². The van der Waals surface area contributed by atoms with E-state index in [2.05, 4.69) is 31.1 Å². The van der Waals surface area contributed by atoms with Crippen molar-refractivity contribution in [3.8, 4) is 22.6 Å². The number of carbonyl (C=O) groups excluding carboxylic acids is 2. The van der Waals surface area contributed by atoms with E-state index in [1.807, 2.05) is 0 Å². The normalized spacial score (nSPS) is 11.5. The summed E-state index contributed by atoms with van der Waals surface area (Å²) in [4.78, 5) is 49.9. The number of hydrogen-bond donors (Lipinski definition) is 4. The van der Waals surface area contributed by atoms with E-state index in [4.69, 9.17) is 23.2 Å². The Morgan fingerprint density at radius 3 is 1.18 bits per heavy atom. The molecular formula is C54H32Cl2N8O8. The highest BCUT2D eigenvalue weighted by Gasteiger charge is 2.23. The van der Waals surface area contributed by atoms with Crippen LogP contribution in [0, 0.1) is 20.2 Å². The minimum absolute atomic E-state index is 0.00998. The van der Waals surface area contributed by atoms with Crippen molar-refractivity contribution in [1.82, 2.24) is 0 Å². The van der Waals surface area contributed by atoms with E-state index in [1.54, 1.807) is 133 Å². The second kappa shape index (κ2) is 19.0. The SMILES string of the molecule is O=C(Nc1ccc([N+](=O)[O-])c2ccccc12)c1cc2ccccc2c(N=Nc2ccc(-c3ccc(N=Nc4c(O)c(C(=O)Nc5ccc([N+](=O)[O-])c6ccccc56)cc5ccccc45)c(Cl)c3)cc2Cl)c1O. The number of benzene rings is 10. The van der Waals surface area contributed by atoms with Crippen molar-refractivity contribution >= 4 is 124 Å². The van der Waals surface area contributed by atoms with Crippen molar-refractivity contribution in [2.75, 3.05) is 10.6 Å². The fraction of sp³-hybridized carbons (Fsp3) is 0. The number of phenols is 2. The third-order valence-corrected chi connectivity index (χ3v) is 12.5. The number of amides is 2. The lowest BCUT2D eigenvalue weighted by atomic mass is 10.0. The maximum Gasteiger partial charge on any atom is 0.277 e. The van der Waals surface area contributed by atoms with Crippen LogP contribution in [-0.2, 0) is 0 Å². The molecule has 18 heteroatoms. The topological polar surface area (TPSA) is 234 Å². The number of fused-ring (bicyclic) bond motifs is 4. The number of nitro groups is 2. The molecule has 0 aliphatic carbocycles. The lowest BCUT2D eigenvalue weighted by molar-refractivity contribution is -0.383. The summed E-state index contributed by atoms with van der Waals surface area (Å²) < 4.78 is 0. The van der Waals surface area contributed by atoms with Crippen molar-refractivity contribution in [2.24, 2.45) is 20.5 Å². The monoisotopic (exact) mass is 990 g/mol. The molecule has 350 valence electrons. The van der Waals surface area contributed by atoms with Gasteiger partial charge in [0, 0.05) is 45.1 Å². The van der Waals surface area contributed by atoms with E-state index in [-0.39, 0.29) is 55.3 Å². The molecule has 0 aliphatic rings. The maximum atomic E-state index is 13.8. The third-order valence-electron chi connectivity index (χ3n) is 11.9. The highest BCUT2D eigenvalue weighted by molar-refractivity contribution is 6.34. The fourth-order valence-electron chi connectivity index (χ4n) is 8.41. The first-order valence-corrected chi connectivity index (χ1v) is 22.5. The summed E-state index contributed by atoms with van der Waals surface area (Å²) in [5.74, 6) is -2.26. The van der Waals surface area contributed by atoms with Crippen molar-refractivity contribution in [3.63, 3.8) is 0 Å². The van der Waals surface area contributed by atoms with E-state index in [1.165, 1.54) is 36.4 Å². The number of nitrogens with zero attached hydrogens (tertiary/aromatic N) is 6. The molecule has 0 saturated carbocycles. The number of nitro benzene ring substituents is 2. The molecule has 10 aromatic rings. The molecule has 0 bridgehead atoms. The van der Waals surface area contributed by atoms with Crippen LogP contribution in [0.3, 0.4) is 0 Å². The van der Waals surface area contributed by atoms with E-state index in [9.17, 15) is 40.0 Å². The summed E-state index contributed by atoms with van der Waals surface area (Å²) in [7, 11) is 0. The number of nitrogens with one attached hydrogen (secondary N) is 2. The zero-order valence-corrected chi connectivity index (χ0v) is 38.5. The lowest BCUT2D eigenvalue weighted by Crippen LogP contribution is -2.12. The lowest BCUT2D eigenvalue weighted by Gasteiger charge is -2.13. The highest BCUT2D eigenvalue weighted by Crippen LogP contribution is 2.44. The van der Waals surface area contributed by atoms with Crippen molar-refractivity contribution in [2.45, 2.75) is 0 Å². The van der Waals surface area contributed by atoms with Crippen LogP contribution in [0.4, 0.5) is 45.5 Å². The highest BCUT2D eigenvalue weighted by atomic mass is 35.5. The fourth-order valence-corrected chi connectivity index (χ4v) is 8.85. The number of carbonyl (C=O) groups is 2. The number of anilines is 2. The van der Waals surface area contributed by atoms with Crippen LogP contribution in [0.1, 0.15) is 20.7 Å². The number of aromatic hydroxyl groups is 2. The van der Waals surface area contributed by atoms with Crippen molar-refractivity contribution in [1.29, 1.82) is 0 Å². The standard InChI is InChI=1S/C54H32Cl2N8O8/c55-41-27-29(17-19-45(41)59-61-49-33-11-3-1-9-31(33)25-39(51(49)65)53(67)57-43-21-23-47(63(69)70)37-15-7-5-13-35(37)43)30-18-20-46(42(56)28-30)60-62-50-34-12-4-2-10-32(34)26-40(52(50)66)54(68)58-44-22-24-48(64(71)72)38-16-8-6-14-36(38)44/h1-28,65-66H,(H,57,67)(H,58,68). The molecule has 4 N–H and O–H groups in total. The smallest absolute Gasteiger partial charge is 0.277 e. The molecule has 72 heavy (non-hydrogen) atoms. The van der Waals surface area contributed by atoms with Crippen molar-refractivity contribution in [3.05, 3.63) is 211 Å². The molecule has 0 atom stereocenters. The molecule has 0 aromatic heterocycles. The number of non-ortho nitro benzene ring substituents is 2. The van der Waals surface area contributed by atoms with Crippen LogP contribution in [0.5, 0.6) is 11.5 Å². The molecule has 2 amide bonds. The molecule has 0 heterocycles. The summed E-state index contributed by atoms with van der Waals surface area (Å²) >= 11 is 13.5. The van der Waals surface area contributed by atoms with E-state index >= 15 is 0 Å². The average molecular weight is 992 g/mol. The molecule has 10 aromatic carbocycles. The van der Waals surface area contributed by atoms with Crippen LogP contribution in [-0.4, -0.2) is 31.9 Å². The van der Waals surface area contributed by atoms with Gasteiger partial charge in [-0.2, -0.15) is 0 Å². The minimum atomic E-state index is -0.681. The number of rotatable bonds is 11. The minimum Gasteiger partial charge on any atom is -0.505 e. The zero-order valence-electron chi connectivity index (χ0n) is 36.9. The Bertz CT molecular complexity index is 3760. The number of halogens is 2. The number of hydrogen-bond acceptors (Lipinski definition) is 12. The predicted molar refractivity (Wildman–Crippen MR) is 279 cm³/mol. The largest absolute Gasteiger partial charge is 0.505 e. The summed E-state index contributed by atoms with van der Waals surface area (Å²) in [6.45, 7) is 0. The molecule has 0 saturated heterocycles. The van der Waals surface area contributed by atoms with E-state index in [0.717, 1.165) is 0 Å². The zero-order chi connectivity index (χ0) is 50.2.